The minimum Gasteiger partial charge on any atom is -0.468 e. The van der Waals surface area contributed by atoms with E-state index in [0.717, 1.165) is 6.42 Å². The van der Waals surface area contributed by atoms with Crippen LogP contribution in [-0.2, 0) is 14.3 Å². The molecule has 4 nitrogen and oxygen atoms in total. The van der Waals surface area contributed by atoms with Gasteiger partial charge in [0.15, 0.2) is 5.78 Å². The van der Waals surface area contributed by atoms with Crippen molar-refractivity contribution >= 4 is 11.8 Å². The lowest BCUT2D eigenvalue weighted by atomic mass is 9.51. The van der Waals surface area contributed by atoms with Crippen LogP contribution in [0.25, 0.3) is 0 Å². The molecule has 0 amide bonds. The fourth-order valence-corrected chi connectivity index (χ4v) is 3.47. The van der Waals surface area contributed by atoms with Gasteiger partial charge in [0.05, 0.1) is 18.6 Å². The van der Waals surface area contributed by atoms with Crippen molar-refractivity contribution in [1.29, 1.82) is 0 Å². The molecular formula is C14H20O4. The van der Waals surface area contributed by atoms with Gasteiger partial charge in [0.2, 0.25) is 0 Å². The van der Waals surface area contributed by atoms with Gasteiger partial charge >= 0.3 is 5.97 Å². The highest BCUT2D eigenvalue weighted by Gasteiger charge is 2.59. The number of fused-ring (bicyclic) bond motifs is 1. The van der Waals surface area contributed by atoms with E-state index in [2.05, 4.69) is 0 Å². The molecule has 0 unspecified atom stereocenters. The first kappa shape index (κ1) is 13.3. The Hall–Kier alpha value is -1.16. The van der Waals surface area contributed by atoms with Crippen molar-refractivity contribution in [2.24, 2.45) is 10.8 Å². The first-order valence-electron chi connectivity index (χ1n) is 6.36. The molecule has 1 N–H and O–H groups in total. The molecule has 100 valence electrons. The number of esters is 1. The first-order chi connectivity index (χ1) is 8.35. The van der Waals surface area contributed by atoms with Crippen molar-refractivity contribution in [3.8, 4) is 0 Å². The van der Waals surface area contributed by atoms with Crippen molar-refractivity contribution in [2.75, 3.05) is 7.11 Å². The number of hydrogen-bond donors (Lipinski definition) is 1. The standard InChI is InChI=1S/C14H20O4/c1-13(2)6-5-11(16)10-8-9(15)4-7-14(10,13)12(17)18-3/h8,11,16H,4-7H2,1-3H3/t11-,14+/m1/s1. The Bertz CT molecular complexity index is 422. The lowest BCUT2D eigenvalue weighted by Gasteiger charge is -2.52. The zero-order valence-corrected chi connectivity index (χ0v) is 11.2. The molecule has 0 saturated heterocycles. The summed E-state index contributed by atoms with van der Waals surface area (Å²) < 4.78 is 4.97. The van der Waals surface area contributed by atoms with Crippen LogP contribution in [0.4, 0.5) is 0 Å². The molecule has 0 aromatic carbocycles. The summed E-state index contributed by atoms with van der Waals surface area (Å²) in [4.78, 5) is 23.9. The molecular weight excluding hydrogens is 232 g/mol. The van der Waals surface area contributed by atoms with E-state index in [1.807, 2.05) is 13.8 Å². The summed E-state index contributed by atoms with van der Waals surface area (Å²) in [7, 11) is 1.36. The zero-order valence-electron chi connectivity index (χ0n) is 11.2. The molecule has 1 saturated carbocycles. The summed E-state index contributed by atoms with van der Waals surface area (Å²) in [6, 6.07) is 0. The average molecular weight is 252 g/mol. The molecule has 0 spiro atoms. The van der Waals surface area contributed by atoms with Crippen LogP contribution in [0.15, 0.2) is 11.6 Å². The van der Waals surface area contributed by atoms with Gasteiger partial charge in [0, 0.05) is 6.42 Å². The van der Waals surface area contributed by atoms with Gasteiger partial charge in [-0.2, -0.15) is 0 Å². The van der Waals surface area contributed by atoms with Crippen molar-refractivity contribution in [3.63, 3.8) is 0 Å². The SMILES string of the molecule is COC(=O)[C@]12CCC(=O)C=C1[C@H](O)CCC2(C)C. The summed E-state index contributed by atoms with van der Waals surface area (Å²) >= 11 is 0. The number of hydrogen-bond acceptors (Lipinski definition) is 4. The number of allylic oxidation sites excluding steroid dienone is 1. The van der Waals surface area contributed by atoms with Gasteiger partial charge in [-0.05, 0) is 36.3 Å². The van der Waals surface area contributed by atoms with Crippen LogP contribution in [0.2, 0.25) is 0 Å². The number of methoxy groups -OCH3 is 1. The lowest BCUT2D eigenvalue weighted by Crippen LogP contribution is -2.54. The highest BCUT2D eigenvalue weighted by Crippen LogP contribution is 2.58. The number of ether oxygens (including phenoxy) is 1. The van der Waals surface area contributed by atoms with Crippen molar-refractivity contribution < 1.29 is 19.4 Å². The van der Waals surface area contributed by atoms with Crippen LogP contribution in [-0.4, -0.2) is 30.1 Å². The van der Waals surface area contributed by atoms with Gasteiger partial charge in [-0.1, -0.05) is 13.8 Å². The summed E-state index contributed by atoms with van der Waals surface area (Å²) in [5.74, 6) is -0.341. The van der Waals surface area contributed by atoms with Crippen LogP contribution >= 0.6 is 0 Å². The highest BCUT2D eigenvalue weighted by atomic mass is 16.5. The van der Waals surface area contributed by atoms with Crippen molar-refractivity contribution in [2.45, 2.75) is 45.6 Å². The molecule has 2 atom stereocenters. The maximum absolute atomic E-state index is 12.3. The topological polar surface area (TPSA) is 63.6 Å². The van der Waals surface area contributed by atoms with Crippen molar-refractivity contribution in [3.05, 3.63) is 11.6 Å². The van der Waals surface area contributed by atoms with E-state index in [1.54, 1.807) is 0 Å². The van der Waals surface area contributed by atoms with Crippen LogP contribution in [0.5, 0.6) is 0 Å². The van der Waals surface area contributed by atoms with Gasteiger partial charge in [-0.15, -0.1) is 0 Å². The second-order valence-electron chi connectivity index (χ2n) is 5.90. The Labute approximate surface area is 107 Å². The van der Waals surface area contributed by atoms with E-state index >= 15 is 0 Å². The Balaban J connectivity index is 2.60. The normalized spacial score (nSPS) is 34.6. The number of aliphatic hydroxyl groups excluding tert-OH is 1. The average Bonchev–Trinajstić information content (AvgIpc) is 2.33. The molecule has 4 heteroatoms. The van der Waals surface area contributed by atoms with Crippen LogP contribution in [0.1, 0.15) is 39.5 Å². The maximum Gasteiger partial charge on any atom is 0.316 e. The Morgan fingerprint density at radius 2 is 2.11 bits per heavy atom. The third kappa shape index (κ3) is 1.62. The molecule has 0 aliphatic heterocycles. The van der Waals surface area contributed by atoms with Gasteiger partial charge in [-0.25, -0.2) is 0 Å². The van der Waals surface area contributed by atoms with E-state index < -0.39 is 11.5 Å². The van der Waals surface area contributed by atoms with Crippen molar-refractivity contribution in [1.82, 2.24) is 0 Å². The Kier molecular flexibility index (Phi) is 3.09. The Morgan fingerprint density at radius 3 is 2.72 bits per heavy atom. The molecule has 0 heterocycles. The van der Waals surface area contributed by atoms with E-state index in [9.17, 15) is 14.7 Å². The summed E-state index contributed by atoms with van der Waals surface area (Å²) in [5.41, 5.74) is -0.582. The number of carbonyl (C=O) groups excluding carboxylic acids is 2. The fourth-order valence-electron chi connectivity index (χ4n) is 3.47. The molecule has 0 bridgehead atoms. The summed E-state index contributed by atoms with van der Waals surface area (Å²) in [5, 5.41) is 10.1. The molecule has 18 heavy (non-hydrogen) atoms. The molecule has 0 aromatic rings. The molecule has 1 fully saturated rings. The predicted octanol–water partition coefficient (Wildman–Crippen LogP) is 1.62. The molecule has 2 aliphatic rings. The summed E-state index contributed by atoms with van der Waals surface area (Å²) in [6.45, 7) is 4.03. The van der Waals surface area contributed by atoms with E-state index in [1.165, 1.54) is 13.2 Å². The van der Waals surface area contributed by atoms with E-state index in [0.29, 0.717) is 24.8 Å². The van der Waals surface area contributed by atoms with Gasteiger partial charge < -0.3 is 9.84 Å². The second-order valence-corrected chi connectivity index (χ2v) is 5.90. The zero-order chi connectivity index (χ0) is 13.6. The monoisotopic (exact) mass is 252 g/mol. The molecule has 2 rings (SSSR count). The van der Waals surface area contributed by atoms with E-state index in [4.69, 9.17) is 4.74 Å². The van der Waals surface area contributed by atoms with Crippen LogP contribution < -0.4 is 0 Å². The Morgan fingerprint density at radius 1 is 1.44 bits per heavy atom. The lowest BCUT2D eigenvalue weighted by molar-refractivity contribution is -0.163. The first-order valence-corrected chi connectivity index (χ1v) is 6.36. The summed E-state index contributed by atoms with van der Waals surface area (Å²) in [6.07, 6.45) is 2.87. The number of aliphatic hydroxyl groups is 1. The molecule has 0 radical (unpaired) electrons. The van der Waals surface area contributed by atoms with Gasteiger partial charge in [-0.3, -0.25) is 9.59 Å². The quantitative estimate of drug-likeness (QED) is 0.720. The third-order valence-corrected chi connectivity index (χ3v) is 4.65. The third-order valence-electron chi connectivity index (χ3n) is 4.65. The number of ketones is 1. The largest absolute Gasteiger partial charge is 0.468 e. The maximum atomic E-state index is 12.3. The molecule has 0 aromatic heterocycles. The molecule has 2 aliphatic carbocycles. The number of rotatable bonds is 1. The second kappa shape index (κ2) is 4.19. The van der Waals surface area contributed by atoms with Crippen LogP contribution in [0.3, 0.4) is 0 Å². The van der Waals surface area contributed by atoms with Gasteiger partial charge in [0.1, 0.15) is 0 Å². The fraction of sp³-hybridized carbons (Fsp3) is 0.714. The minimum absolute atomic E-state index is 0.0127. The van der Waals surface area contributed by atoms with Crippen LogP contribution in [0, 0.1) is 10.8 Å². The van der Waals surface area contributed by atoms with Gasteiger partial charge in [0.25, 0.3) is 0 Å². The minimum atomic E-state index is -0.840. The predicted molar refractivity (Wildman–Crippen MR) is 65.8 cm³/mol. The smallest absolute Gasteiger partial charge is 0.316 e. The highest BCUT2D eigenvalue weighted by molar-refractivity contribution is 5.96. The van der Waals surface area contributed by atoms with E-state index in [-0.39, 0.29) is 17.2 Å². The number of carbonyl (C=O) groups is 2.